The van der Waals surface area contributed by atoms with Crippen LogP contribution in [0.5, 0.6) is 0 Å². The van der Waals surface area contributed by atoms with Crippen LogP contribution >= 0.6 is 0 Å². The Bertz CT molecular complexity index is 2730. The van der Waals surface area contributed by atoms with Crippen molar-refractivity contribution in [1.29, 1.82) is 0 Å². The number of hydrogen-bond donors (Lipinski definition) is 0. The van der Waals surface area contributed by atoms with Gasteiger partial charge in [0.1, 0.15) is 11.2 Å². The van der Waals surface area contributed by atoms with Gasteiger partial charge in [0.05, 0.1) is 22.1 Å². The first-order valence-corrected chi connectivity index (χ1v) is 15.8. The van der Waals surface area contributed by atoms with Gasteiger partial charge < -0.3 is 8.98 Å². The zero-order chi connectivity index (χ0) is 30.2. The second-order valence-corrected chi connectivity index (χ2v) is 12.0. The van der Waals surface area contributed by atoms with E-state index in [1.54, 1.807) is 0 Å². The number of furan rings is 1. The van der Waals surface area contributed by atoms with E-state index in [2.05, 4.69) is 168 Å². The number of rotatable bonds is 3. The minimum atomic E-state index is 0.927. The SMILES string of the molecule is c1ccc(-c2c3ccccc3c(-n3c4ccccc4c4c5oc6c(-c7ccccc7)cccc6c5ccc43)c3ccccc23)cc1. The largest absolute Gasteiger partial charge is 0.455 e. The van der Waals surface area contributed by atoms with Gasteiger partial charge in [-0.25, -0.2) is 0 Å². The molecule has 0 N–H and O–H groups in total. The van der Waals surface area contributed by atoms with Gasteiger partial charge in [-0.15, -0.1) is 0 Å². The van der Waals surface area contributed by atoms with Crippen LogP contribution in [0.2, 0.25) is 0 Å². The van der Waals surface area contributed by atoms with Gasteiger partial charge in [0.2, 0.25) is 0 Å². The Morgan fingerprint density at radius 1 is 0.348 bits per heavy atom. The van der Waals surface area contributed by atoms with Gasteiger partial charge in [0.15, 0.2) is 0 Å². The Morgan fingerprint density at radius 2 is 0.891 bits per heavy atom. The van der Waals surface area contributed by atoms with E-state index in [1.165, 1.54) is 43.7 Å². The average Bonchev–Trinajstić information content (AvgIpc) is 3.67. The normalized spacial score (nSPS) is 11.9. The molecule has 0 saturated heterocycles. The number of nitrogens with zero attached hydrogens (tertiary/aromatic N) is 1. The first kappa shape index (κ1) is 25.2. The zero-order valence-electron chi connectivity index (χ0n) is 24.9. The maximum Gasteiger partial charge on any atom is 0.145 e. The minimum Gasteiger partial charge on any atom is -0.455 e. The molecular formula is C44H27NO. The predicted molar refractivity (Wildman–Crippen MR) is 194 cm³/mol. The van der Waals surface area contributed by atoms with Crippen molar-refractivity contribution in [3.8, 4) is 27.9 Å². The third kappa shape index (κ3) is 3.47. The molecule has 0 bridgehead atoms. The summed E-state index contributed by atoms with van der Waals surface area (Å²) in [6, 6.07) is 58.8. The second-order valence-electron chi connectivity index (χ2n) is 12.0. The van der Waals surface area contributed by atoms with Crippen LogP contribution in [0, 0.1) is 0 Å². The lowest BCUT2D eigenvalue weighted by molar-refractivity contribution is 0.674. The molecule has 2 heteroatoms. The summed E-state index contributed by atoms with van der Waals surface area (Å²) >= 11 is 0. The lowest BCUT2D eigenvalue weighted by Crippen LogP contribution is -1.99. The number of hydrogen-bond acceptors (Lipinski definition) is 1. The van der Waals surface area contributed by atoms with Crippen LogP contribution in [0.3, 0.4) is 0 Å². The molecule has 0 aliphatic carbocycles. The van der Waals surface area contributed by atoms with Crippen molar-refractivity contribution in [3.63, 3.8) is 0 Å². The fourth-order valence-electron chi connectivity index (χ4n) is 7.66. The highest BCUT2D eigenvalue weighted by atomic mass is 16.3. The van der Waals surface area contributed by atoms with Gasteiger partial charge in [-0.3, -0.25) is 0 Å². The minimum absolute atomic E-state index is 0.927. The van der Waals surface area contributed by atoms with Crippen LogP contribution in [-0.4, -0.2) is 4.57 Å². The molecule has 0 fully saturated rings. The molecule has 2 nitrogen and oxygen atoms in total. The number of para-hydroxylation sites is 2. The highest BCUT2D eigenvalue weighted by molar-refractivity contribution is 6.26. The van der Waals surface area contributed by atoms with E-state index in [9.17, 15) is 0 Å². The first-order valence-electron chi connectivity index (χ1n) is 15.8. The van der Waals surface area contributed by atoms with E-state index in [4.69, 9.17) is 4.42 Å². The summed E-state index contributed by atoms with van der Waals surface area (Å²) in [7, 11) is 0. The molecule has 0 unspecified atom stereocenters. The van der Waals surface area contributed by atoms with Crippen molar-refractivity contribution in [2.45, 2.75) is 0 Å². The summed E-state index contributed by atoms with van der Waals surface area (Å²) in [5.74, 6) is 0. The molecule has 2 aromatic heterocycles. The summed E-state index contributed by atoms with van der Waals surface area (Å²) < 4.78 is 9.41. The molecule has 0 atom stereocenters. The number of benzene rings is 8. The standard InChI is InChI=1S/C44H27NO/c1-3-14-28(15-4-1)30-23-13-24-35-36-26-27-39-41(44(36)46-43(30)35)37-22-11-12-25-38(37)45(39)42-33-20-9-7-18-31(33)40(29-16-5-2-6-17-29)32-19-8-10-21-34(32)42/h1-27H. The van der Waals surface area contributed by atoms with Gasteiger partial charge in [0, 0.05) is 32.5 Å². The van der Waals surface area contributed by atoms with Crippen LogP contribution in [0.25, 0.3) is 93.2 Å². The van der Waals surface area contributed by atoms with E-state index in [-0.39, 0.29) is 0 Å². The summed E-state index contributed by atoms with van der Waals surface area (Å²) in [6.45, 7) is 0. The van der Waals surface area contributed by atoms with E-state index in [1.807, 2.05) is 0 Å². The summed E-state index contributed by atoms with van der Waals surface area (Å²) in [5.41, 5.74) is 10.1. The van der Waals surface area contributed by atoms with Gasteiger partial charge in [-0.05, 0) is 45.7 Å². The highest BCUT2D eigenvalue weighted by Gasteiger charge is 2.23. The third-order valence-corrected chi connectivity index (χ3v) is 9.57. The van der Waals surface area contributed by atoms with Crippen molar-refractivity contribution in [2.24, 2.45) is 0 Å². The molecule has 0 aliphatic heterocycles. The Morgan fingerprint density at radius 3 is 1.59 bits per heavy atom. The average molecular weight is 586 g/mol. The molecular weight excluding hydrogens is 558 g/mol. The first-order chi connectivity index (χ1) is 22.9. The lowest BCUT2D eigenvalue weighted by Gasteiger charge is -2.19. The van der Waals surface area contributed by atoms with Gasteiger partial charge >= 0.3 is 0 Å². The van der Waals surface area contributed by atoms with Crippen LogP contribution < -0.4 is 0 Å². The smallest absolute Gasteiger partial charge is 0.145 e. The van der Waals surface area contributed by atoms with Gasteiger partial charge in [-0.1, -0.05) is 146 Å². The van der Waals surface area contributed by atoms with E-state index in [0.717, 1.165) is 49.5 Å². The molecule has 46 heavy (non-hydrogen) atoms. The second kappa shape index (κ2) is 9.69. The molecule has 10 rings (SSSR count). The Hall–Kier alpha value is -6.12. The van der Waals surface area contributed by atoms with Crippen LogP contribution in [0.4, 0.5) is 0 Å². The van der Waals surface area contributed by atoms with E-state index >= 15 is 0 Å². The molecule has 0 amide bonds. The monoisotopic (exact) mass is 585 g/mol. The lowest BCUT2D eigenvalue weighted by atomic mass is 9.90. The Labute approximate surface area is 265 Å². The van der Waals surface area contributed by atoms with Crippen molar-refractivity contribution in [3.05, 3.63) is 164 Å². The molecule has 214 valence electrons. The van der Waals surface area contributed by atoms with Crippen LogP contribution in [0.15, 0.2) is 168 Å². The fraction of sp³-hybridized carbons (Fsp3) is 0. The molecule has 0 saturated carbocycles. The van der Waals surface area contributed by atoms with E-state index < -0.39 is 0 Å². The summed E-state index contributed by atoms with van der Waals surface area (Å²) in [4.78, 5) is 0. The zero-order valence-corrected chi connectivity index (χ0v) is 24.9. The number of aromatic nitrogens is 1. The number of fused-ring (bicyclic) bond motifs is 9. The quantitative estimate of drug-likeness (QED) is 0.189. The molecule has 8 aromatic carbocycles. The molecule has 0 spiro atoms. The Balaban J connectivity index is 1.37. The maximum absolute atomic E-state index is 6.95. The van der Waals surface area contributed by atoms with Crippen molar-refractivity contribution in [2.75, 3.05) is 0 Å². The molecule has 10 aromatic rings. The predicted octanol–water partition coefficient (Wildman–Crippen LogP) is 12.3. The highest BCUT2D eigenvalue weighted by Crippen LogP contribution is 2.46. The van der Waals surface area contributed by atoms with Gasteiger partial charge in [-0.2, -0.15) is 0 Å². The van der Waals surface area contributed by atoms with Crippen LogP contribution in [-0.2, 0) is 0 Å². The van der Waals surface area contributed by atoms with Crippen molar-refractivity contribution >= 4 is 65.3 Å². The maximum atomic E-state index is 6.95. The molecule has 0 radical (unpaired) electrons. The third-order valence-electron chi connectivity index (χ3n) is 9.57. The van der Waals surface area contributed by atoms with Crippen LogP contribution in [0.1, 0.15) is 0 Å². The topological polar surface area (TPSA) is 18.1 Å². The van der Waals surface area contributed by atoms with Crippen molar-refractivity contribution in [1.82, 2.24) is 4.57 Å². The summed E-state index contributed by atoms with van der Waals surface area (Å²) in [6.07, 6.45) is 0. The molecule has 2 heterocycles. The van der Waals surface area contributed by atoms with Crippen molar-refractivity contribution < 1.29 is 4.42 Å². The van der Waals surface area contributed by atoms with Gasteiger partial charge in [0.25, 0.3) is 0 Å². The van der Waals surface area contributed by atoms with E-state index in [0.29, 0.717) is 0 Å². The molecule has 0 aliphatic rings. The summed E-state index contributed by atoms with van der Waals surface area (Å²) in [5, 5.41) is 9.52. The Kier molecular flexibility index (Phi) is 5.31. The fourth-order valence-corrected chi connectivity index (χ4v) is 7.66.